The zero-order chi connectivity index (χ0) is 19.4. The molecule has 7 heteroatoms. The number of ether oxygens (including phenoxy) is 1. The van der Waals surface area contributed by atoms with Crippen LogP contribution in [-0.2, 0) is 11.3 Å². The van der Waals surface area contributed by atoms with E-state index in [0.29, 0.717) is 28.1 Å². The maximum Gasteiger partial charge on any atom is 0.260 e. The number of benzene rings is 2. The molecule has 0 unspecified atom stereocenters. The van der Waals surface area contributed by atoms with Gasteiger partial charge in [0, 0.05) is 12.6 Å². The molecule has 3 rings (SSSR count). The molecule has 0 aliphatic carbocycles. The smallest absolute Gasteiger partial charge is 0.260 e. The van der Waals surface area contributed by atoms with Gasteiger partial charge in [0.15, 0.2) is 6.61 Å². The molecular weight excluding hydrogens is 366 g/mol. The molecule has 1 aromatic heterocycles. The van der Waals surface area contributed by atoms with Gasteiger partial charge in [0.2, 0.25) is 11.7 Å². The molecule has 0 bridgehead atoms. The lowest BCUT2D eigenvalue weighted by molar-refractivity contribution is -0.132. The maximum absolute atomic E-state index is 12.3. The summed E-state index contributed by atoms with van der Waals surface area (Å²) in [6.45, 7) is 4.08. The molecule has 140 valence electrons. The molecule has 0 atom stereocenters. The van der Waals surface area contributed by atoms with Crippen LogP contribution in [0.3, 0.4) is 0 Å². The van der Waals surface area contributed by atoms with Crippen LogP contribution >= 0.6 is 11.6 Å². The van der Waals surface area contributed by atoms with Crippen LogP contribution < -0.4 is 4.74 Å². The molecule has 27 heavy (non-hydrogen) atoms. The third-order valence-electron chi connectivity index (χ3n) is 4.06. The van der Waals surface area contributed by atoms with Gasteiger partial charge in [-0.15, -0.1) is 0 Å². The van der Waals surface area contributed by atoms with Crippen LogP contribution in [-0.4, -0.2) is 34.6 Å². The SMILES string of the molecule is Cc1ccc(OCC(=O)N(C)Cc2nc(-c3ccccc3Cl)no2)c(C)c1. The molecule has 0 radical (unpaired) electrons. The van der Waals surface area contributed by atoms with Gasteiger partial charge in [-0.3, -0.25) is 4.79 Å². The Morgan fingerprint density at radius 3 is 2.74 bits per heavy atom. The van der Waals surface area contributed by atoms with Gasteiger partial charge in [-0.2, -0.15) is 4.98 Å². The Bertz CT molecular complexity index is 955. The van der Waals surface area contributed by atoms with Crippen LogP contribution in [0.25, 0.3) is 11.4 Å². The first-order chi connectivity index (χ1) is 12.9. The highest BCUT2D eigenvalue weighted by Gasteiger charge is 2.16. The van der Waals surface area contributed by atoms with E-state index in [2.05, 4.69) is 10.1 Å². The Hall–Kier alpha value is -2.86. The minimum absolute atomic E-state index is 0.0636. The van der Waals surface area contributed by atoms with Gasteiger partial charge in [0.1, 0.15) is 5.75 Å². The fourth-order valence-electron chi connectivity index (χ4n) is 2.57. The van der Waals surface area contributed by atoms with Crippen molar-refractivity contribution in [3.05, 3.63) is 64.5 Å². The third kappa shape index (κ3) is 4.65. The predicted molar refractivity (Wildman–Crippen MR) is 103 cm³/mol. The number of likely N-dealkylation sites (N-methyl/N-ethyl adjacent to an activating group) is 1. The molecule has 0 saturated heterocycles. The van der Waals surface area contributed by atoms with Crippen molar-refractivity contribution in [2.24, 2.45) is 0 Å². The lowest BCUT2D eigenvalue weighted by atomic mass is 10.1. The average molecular weight is 386 g/mol. The number of halogens is 1. The minimum Gasteiger partial charge on any atom is -0.484 e. The standard InChI is InChI=1S/C20H20ClN3O3/c1-13-8-9-17(14(2)10-13)26-12-19(25)24(3)11-18-22-20(23-27-18)15-6-4-5-7-16(15)21/h4-10H,11-12H2,1-3H3. The molecule has 1 amide bonds. The number of carbonyl (C=O) groups excluding carboxylic acids is 1. The summed E-state index contributed by atoms with van der Waals surface area (Å²) in [6.07, 6.45) is 0. The van der Waals surface area contributed by atoms with Crippen molar-refractivity contribution in [3.8, 4) is 17.1 Å². The monoisotopic (exact) mass is 385 g/mol. The Balaban J connectivity index is 1.59. The first-order valence-electron chi connectivity index (χ1n) is 8.45. The molecule has 0 saturated carbocycles. The Labute approximate surface area is 162 Å². The normalized spacial score (nSPS) is 10.7. The number of aryl methyl sites for hydroxylation is 2. The second-order valence-corrected chi connectivity index (χ2v) is 6.71. The van der Waals surface area contributed by atoms with Crippen LogP contribution in [0.5, 0.6) is 5.75 Å². The fourth-order valence-corrected chi connectivity index (χ4v) is 2.79. The Morgan fingerprint density at radius 2 is 2.00 bits per heavy atom. The van der Waals surface area contributed by atoms with Crippen molar-refractivity contribution >= 4 is 17.5 Å². The van der Waals surface area contributed by atoms with Gasteiger partial charge in [0.25, 0.3) is 5.91 Å². The number of rotatable bonds is 6. The lowest BCUT2D eigenvalue weighted by Crippen LogP contribution is -2.31. The molecule has 0 aliphatic heterocycles. The summed E-state index contributed by atoms with van der Waals surface area (Å²) in [6, 6.07) is 13.1. The molecule has 0 aliphatic rings. The number of aromatic nitrogens is 2. The van der Waals surface area contributed by atoms with Crippen LogP contribution in [0.1, 0.15) is 17.0 Å². The van der Waals surface area contributed by atoms with Gasteiger partial charge < -0.3 is 14.2 Å². The van der Waals surface area contributed by atoms with Crippen molar-refractivity contribution in [2.45, 2.75) is 20.4 Å². The summed E-state index contributed by atoms with van der Waals surface area (Å²) in [5.41, 5.74) is 2.82. The van der Waals surface area contributed by atoms with E-state index in [4.69, 9.17) is 20.9 Å². The van der Waals surface area contributed by atoms with E-state index in [1.165, 1.54) is 4.90 Å². The highest BCUT2D eigenvalue weighted by Crippen LogP contribution is 2.25. The first kappa shape index (κ1) is 18.9. The molecule has 0 spiro atoms. The zero-order valence-corrected chi connectivity index (χ0v) is 16.2. The zero-order valence-electron chi connectivity index (χ0n) is 15.4. The summed E-state index contributed by atoms with van der Waals surface area (Å²) < 4.78 is 10.9. The number of carbonyl (C=O) groups is 1. The van der Waals surface area contributed by atoms with Crippen molar-refractivity contribution in [3.63, 3.8) is 0 Å². The summed E-state index contributed by atoms with van der Waals surface area (Å²) in [4.78, 5) is 18.1. The van der Waals surface area contributed by atoms with E-state index in [1.807, 2.05) is 50.2 Å². The summed E-state index contributed by atoms with van der Waals surface area (Å²) in [5.74, 6) is 1.23. The van der Waals surface area contributed by atoms with Crippen LogP contribution in [0.2, 0.25) is 5.02 Å². The van der Waals surface area contributed by atoms with E-state index >= 15 is 0 Å². The largest absolute Gasteiger partial charge is 0.484 e. The van der Waals surface area contributed by atoms with Crippen LogP contribution in [0.4, 0.5) is 0 Å². The van der Waals surface area contributed by atoms with E-state index in [9.17, 15) is 4.79 Å². The molecule has 1 heterocycles. The summed E-state index contributed by atoms with van der Waals surface area (Å²) >= 11 is 6.14. The number of hydrogen-bond donors (Lipinski definition) is 0. The van der Waals surface area contributed by atoms with E-state index in [1.54, 1.807) is 13.1 Å². The van der Waals surface area contributed by atoms with Crippen molar-refractivity contribution in [1.82, 2.24) is 15.0 Å². The molecule has 2 aromatic carbocycles. The fraction of sp³-hybridized carbons (Fsp3) is 0.250. The minimum atomic E-state index is -0.188. The van der Waals surface area contributed by atoms with E-state index < -0.39 is 0 Å². The van der Waals surface area contributed by atoms with Gasteiger partial charge in [-0.1, -0.05) is 46.6 Å². The lowest BCUT2D eigenvalue weighted by Gasteiger charge is -2.16. The Kier molecular flexibility index (Phi) is 5.76. The Morgan fingerprint density at radius 1 is 1.22 bits per heavy atom. The van der Waals surface area contributed by atoms with Crippen LogP contribution in [0, 0.1) is 13.8 Å². The van der Waals surface area contributed by atoms with Gasteiger partial charge >= 0.3 is 0 Å². The van der Waals surface area contributed by atoms with E-state index in [-0.39, 0.29) is 19.1 Å². The second-order valence-electron chi connectivity index (χ2n) is 6.30. The van der Waals surface area contributed by atoms with Crippen LogP contribution in [0.15, 0.2) is 47.0 Å². The molecule has 0 N–H and O–H groups in total. The molecule has 6 nitrogen and oxygen atoms in total. The number of hydrogen-bond acceptors (Lipinski definition) is 5. The van der Waals surface area contributed by atoms with Crippen molar-refractivity contribution < 1.29 is 14.1 Å². The third-order valence-corrected chi connectivity index (χ3v) is 4.39. The number of nitrogens with zero attached hydrogens (tertiary/aromatic N) is 3. The molecular formula is C20H20ClN3O3. The summed E-state index contributed by atoms with van der Waals surface area (Å²) in [7, 11) is 1.66. The van der Waals surface area contributed by atoms with Gasteiger partial charge in [-0.05, 0) is 37.6 Å². The average Bonchev–Trinajstić information content (AvgIpc) is 3.09. The quantitative estimate of drug-likeness (QED) is 0.640. The molecule has 3 aromatic rings. The van der Waals surface area contributed by atoms with Crippen molar-refractivity contribution in [1.29, 1.82) is 0 Å². The summed E-state index contributed by atoms with van der Waals surface area (Å²) in [5, 5.41) is 4.47. The van der Waals surface area contributed by atoms with Gasteiger partial charge in [-0.25, -0.2) is 0 Å². The number of amides is 1. The van der Waals surface area contributed by atoms with Gasteiger partial charge in [0.05, 0.1) is 11.6 Å². The predicted octanol–water partition coefficient (Wildman–Crippen LogP) is 4.04. The highest BCUT2D eigenvalue weighted by molar-refractivity contribution is 6.33. The second kappa shape index (κ2) is 8.22. The van der Waals surface area contributed by atoms with E-state index in [0.717, 1.165) is 11.1 Å². The molecule has 0 fully saturated rings. The maximum atomic E-state index is 12.3. The topological polar surface area (TPSA) is 68.5 Å². The van der Waals surface area contributed by atoms with Crippen molar-refractivity contribution in [2.75, 3.05) is 13.7 Å². The first-order valence-corrected chi connectivity index (χ1v) is 8.83. The highest BCUT2D eigenvalue weighted by atomic mass is 35.5.